The maximum absolute atomic E-state index is 9.19. The van der Waals surface area contributed by atoms with Gasteiger partial charge in [-0.15, -0.1) is 0 Å². The van der Waals surface area contributed by atoms with E-state index in [4.69, 9.17) is 11.5 Å². The number of benzene rings is 1. The second kappa shape index (κ2) is 2.37. The topological polar surface area (TPSA) is 92.5 Å². The summed E-state index contributed by atoms with van der Waals surface area (Å²) in [5.74, 6) is -1.75. The predicted molar refractivity (Wildman–Crippen MR) is 49.8 cm³/mol. The van der Waals surface area contributed by atoms with E-state index in [9.17, 15) is 10.2 Å². The smallest absolute Gasteiger partial charge is 0.170 e. The zero-order chi connectivity index (χ0) is 9.64. The van der Waals surface area contributed by atoms with Gasteiger partial charge in [0.05, 0.1) is 11.4 Å². The summed E-state index contributed by atoms with van der Waals surface area (Å²) in [6, 6.07) is 5.14. The Morgan fingerprint density at radius 2 is 1.85 bits per heavy atom. The number of nitrogens with two attached hydrogens (primary N) is 2. The fourth-order valence-corrected chi connectivity index (χ4v) is 1.44. The van der Waals surface area contributed by atoms with Crippen molar-refractivity contribution in [2.24, 2.45) is 0 Å². The van der Waals surface area contributed by atoms with Gasteiger partial charge in [0, 0.05) is 12.3 Å². The quantitative estimate of drug-likeness (QED) is 0.362. The molecule has 0 bridgehead atoms. The number of nitrogen functional groups attached to an aromatic ring is 2. The Balaban J connectivity index is 2.29. The highest BCUT2D eigenvalue weighted by Gasteiger charge is 2.52. The highest BCUT2D eigenvalue weighted by Crippen LogP contribution is 2.49. The second-order valence-corrected chi connectivity index (χ2v) is 3.52. The first-order valence-electron chi connectivity index (χ1n) is 4.10. The van der Waals surface area contributed by atoms with Crippen molar-refractivity contribution >= 4 is 11.4 Å². The summed E-state index contributed by atoms with van der Waals surface area (Å²) >= 11 is 0. The van der Waals surface area contributed by atoms with E-state index in [1.165, 1.54) is 0 Å². The molecule has 13 heavy (non-hydrogen) atoms. The lowest BCUT2D eigenvalue weighted by Gasteiger charge is -2.05. The van der Waals surface area contributed by atoms with E-state index in [1.54, 1.807) is 18.2 Å². The first kappa shape index (κ1) is 8.34. The van der Waals surface area contributed by atoms with Crippen molar-refractivity contribution in [3.8, 4) is 0 Å². The fraction of sp³-hybridized carbons (Fsp3) is 0.333. The summed E-state index contributed by atoms with van der Waals surface area (Å²) in [4.78, 5) is 0. The van der Waals surface area contributed by atoms with Crippen LogP contribution in [0.5, 0.6) is 0 Å². The SMILES string of the molecule is Nc1ccc([C@H]2CC2(O)O)cc1N. The van der Waals surface area contributed by atoms with Crippen molar-refractivity contribution in [1.82, 2.24) is 0 Å². The summed E-state index contributed by atoms with van der Waals surface area (Å²) in [6.07, 6.45) is 0.371. The van der Waals surface area contributed by atoms with Gasteiger partial charge in [0.15, 0.2) is 5.79 Å². The van der Waals surface area contributed by atoms with Crippen molar-refractivity contribution < 1.29 is 10.2 Å². The molecule has 1 fully saturated rings. The van der Waals surface area contributed by atoms with E-state index >= 15 is 0 Å². The minimum atomic E-state index is -1.54. The molecule has 1 aromatic rings. The zero-order valence-electron chi connectivity index (χ0n) is 7.07. The molecule has 1 atom stereocenters. The highest BCUT2D eigenvalue weighted by molar-refractivity contribution is 5.64. The molecule has 0 aliphatic heterocycles. The first-order chi connectivity index (χ1) is 6.00. The molecule has 1 aliphatic rings. The molecule has 1 aliphatic carbocycles. The van der Waals surface area contributed by atoms with Crippen LogP contribution in [0.25, 0.3) is 0 Å². The van der Waals surface area contributed by atoms with Gasteiger partial charge in [-0.2, -0.15) is 0 Å². The molecule has 70 valence electrons. The molecule has 6 N–H and O–H groups in total. The van der Waals surface area contributed by atoms with Crippen LogP contribution in [0, 0.1) is 0 Å². The van der Waals surface area contributed by atoms with Gasteiger partial charge in [-0.25, -0.2) is 0 Å². The van der Waals surface area contributed by atoms with Crippen LogP contribution in [0.4, 0.5) is 11.4 Å². The van der Waals surface area contributed by atoms with Crippen LogP contribution in [0.2, 0.25) is 0 Å². The molecular formula is C9H12N2O2. The maximum Gasteiger partial charge on any atom is 0.170 e. The van der Waals surface area contributed by atoms with Crippen molar-refractivity contribution in [3.63, 3.8) is 0 Å². The Morgan fingerprint density at radius 1 is 1.23 bits per heavy atom. The van der Waals surface area contributed by atoms with E-state index in [0.29, 0.717) is 17.8 Å². The van der Waals surface area contributed by atoms with Gasteiger partial charge in [-0.05, 0) is 17.7 Å². The third-order valence-electron chi connectivity index (χ3n) is 2.42. The number of aliphatic hydroxyl groups is 2. The van der Waals surface area contributed by atoms with E-state index < -0.39 is 5.79 Å². The predicted octanol–water partition coefficient (Wildman–Crippen LogP) is 0.0192. The molecule has 0 spiro atoms. The summed E-state index contributed by atoms with van der Waals surface area (Å²) in [5, 5.41) is 18.4. The van der Waals surface area contributed by atoms with Crippen molar-refractivity contribution in [2.75, 3.05) is 11.5 Å². The number of hydrogen-bond acceptors (Lipinski definition) is 4. The number of anilines is 2. The zero-order valence-corrected chi connectivity index (χ0v) is 7.07. The van der Waals surface area contributed by atoms with Gasteiger partial charge in [-0.1, -0.05) is 6.07 Å². The Hall–Kier alpha value is -1.26. The van der Waals surface area contributed by atoms with Crippen LogP contribution in [-0.4, -0.2) is 16.0 Å². The summed E-state index contributed by atoms with van der Waals surface area (Å²) in [7, 11) is 0. The van der Waals surface area contributed by atoms with Crippen LogP contribution in [-0.2, 0) is 0 Å². The van der Waals surface area contributed by atoms with Gasteiger partial charge < -0.3 is 21.7 Å². The number of rotatable bonds is 1. The molecule has 0 aromatic heterocycles. The summed E-state index contributed by atoms with van der Waals surface area (Å²) in [6.45, 7) is 0. The molecule has 1 aromatic carbocycles. The van der Waals surface area contributed by atoms with Crippen LogP contribution in [0.1, 0.15) is 17.9 Å². The summed E-state index contributed by atoms with van der Waals surface area (Å²) in [5.41, 5.74) is 12.9. The lowest BCUT2D eigenvalue weighted by Crippen LogP contribution is -2.07. The molecule has 0 amide bonds. The molecule has 0 radical (unpaired) electrons. The molecule has 0 unspecified atom stereocenters. The molecule has 0 saturated heterocycles. The van der Waals surface area contributed by atoms with Gasteiger partial charge in [0.1, 0.15) is 0 Å². The lowest BCUT2D eigenvalue weighted by molar-refractivity contribution is -0.0733. The third kappa shape index (κ3) is 1.34. The largest absolute Gasteiger partial charge is 0.397 e. The van der Waals surface area contributed by atoms with Crippen LogP contribution in [0.15, 0.2) is 18.2 Å². The van der Waals surface area contributed by atoms with Gasteiger partial charge in [0.2, 0.25) is 0 Å². The van der Waals surface area contributed by atoms with Gasteiger partial charge in [-0.3, -0.25) is 0 Å². The Kier molecular flexibility index (Phi) is 1.52. The number of hydrogen-bond donors (Lipinski definition) is 4. The monoisotopic (exact) mass is 180 g/mol. The minimum Gasteiger partial charge on any atom is -0.397 e. The minimum absolute atomic E-state index is 0.213. The van der Waals surface area contributed by atoms with Crippen LogP contribution < -0.4 is 11.5 Å². The molecule has 4 heteroatoms. The first-order valence-corrected chi connectivity index (χ1v) is 4.10. The highest BCUT2D eigenvalue weighted by atomic mass is 16.5. The van der Waals surface area contributed by atoms with Crippen molar-refractivity contribution in [3.05, 3.63) is 23.8 Å². The third-order valence-corrected chi connectivity index (χ3v) is 2.42. The lowest BCUT2D eigenvalue weighted by atomic mass is 10.1. The Bertz CT molecular complexity index is 349. The van der Waals surface area contributed by atoms with E-state index in [2.05, 4.69) is 0 Å². The van der Waals surface area contributed by atoms with E-state index in [0.717, 1.165) is 5.56 Å². The Morgan fingerprint density at radius 3 is 2.31 bits per heavy atom. The molecule has 4 nitrogen and oxygen atoms in total. The van der Waals surface area contributed by atoms with Gasteiger partial charge in [0.25, 0.3) is 0 Å². The fourth-order valence-electron chi connectivity index (χ4n) is 1.44. The van der Waals surface area contributed by atoms with Crippen molar-refractivity contribution in [2.45, 2.75) is 18.1 Å². The molecular weight excluding hydrogens is 168 g/mol. The summed E-state index contributed by atoms with van der Waals surface area (Å²) < 4.78 is 0. The van der Waals surface area contributed by atoms with Crippen molar-refractivity contribution in [1.29, 1.82) is 0 Å². The van der Waals surface area contributed by atoms with E-state index in [-0.39, 0.29) is 5.92 Å². The average Bonchev–Trinajstić information content (AvgIpc) is 2.66. The van der Waals surface area contributed by atoms with E-state index in [1.807, 2.05) is 0 Å². The van der Waals surface area contributed by atoms with Crippen LogP contribution in [0.3, 0.4) is 0 Å². The van der Waals surface area contributed by atoms with Gasteiger partial charge >= 0.3 is 0 Å². The standard InChI is InChI=1S/C9H12N2O2/c10-7-2-1-5(3-8(7)11)6-4-9(6,12)13/h1-3,6,12-13H,4,10-11H2/t6-/m1/s1. The maximum atomic E-state index is 9.19. The Labute approximate surface area is 75.8 Å². The van der Waals surface area contributed by atoms with Crippen LogP contribution >= 0.6 is 0 Å². The normalized spacial score (nSPS) is 24.3. The molecule has 1 saturated carbocycles. The second-order valence-electron chi connectivity index (χ2n) is 3.52. The molecule has 2 rings (SSSR count). The molecule has 0 heterocycles. The average molecular weight is 180 g/mol.